The van der Waals surface area contributed by atoms with Gasteiger partial charge in [-0.1, -0.05) is 91.9 Å². The molecule has 1 saturated heterocycles. The molecule has 1 fully saturated rings. The normalized spacial score (nSPS) is 31.6. The predicted octanol–water partition coefficient (Wildman–Crippen LogP) is 4.67. The van der Waals surface area contributed by atoms with E-state index < -0.39 is 11.2 Å². The van der Waals surface area contributed by atoms with Gasteiger partial charge in [0.15, 0.2) is 0 Å². The average molecular weight is 340 g/mol. The lowest BCUT2D eigenvalue weighted by molar-refractivity contribution is -0.116. The second kappa shape index (κ2) is 5.39. The van der Waals surface area contributed by atoms with Crippen LogP contribution in [0.2, 0.25) is 0 Å². The van der Waals surface area contributed by atoms with Crippen LogP contribution in [-0.2, 0) is 20.7 Å². The van der Waals surface area contributed by atoms with Crippen LogP contribution in [0.4, 0.5) is 0 Å². The molecule has 0 aromatic heterocycles. The van der Waals surface area contributed by atoms with Gasteiger partial charge in [0.1, 0.15) is 17.5 Å². The van der Waals surface area contributed by atoms with E-state index in [1.807, 2.05) is 42.5 Å². The molecule has 0 spiro atoms. The third-order valence-electron chi connectivity index (χ3n) is 6.25. The van der Waals surface area contributed by atoms with E-state index in [0.717, 1.165) is 23.0 Å². The quantitative estimate of drug-likeness (QED) is 0.648. The van der Waals surface area contributed by atoms with Gasteiger partial charge in [-0.2, -0.15) is 0 Å². The fourth-order valence-electron chi connectivity index (χ4n) is 5.15. The maximum Gasteiger partial charge on any atom is 0.130 e. The molecule has 4 atom stereocenters. The van der Waals surface area contributed by atoms with E-state index >= 15 is 0 Å². The minimum atomic E-state index is -0.727. The molecule has 2 nitrogen and oxygen atoms in total. The predicted molar refractivity (Wildman–Crippen MR) is 101 cm³/mol. The second-order valence-corrected chi connectivity index (χ2v) is 7.30. The third-order valence-corrected chi connectivity index (χ3v) is 6.25. The largest absolute Gasteiger partial charge is 0.349 e. The zero-order valence-electron chi connectivity index (χ0n) is 14.6. The Kier molecular flexibility index (Phi) is 3.22. The van der Waals surface area contributed by atoms with Crippen LogP contribution in [0, 0.1) is 11.8 Å². The van der Waals surface area contributed by atoms with Crippen molar-refractivity contribution in [2.75, 3.05) is 0 Å². The molecular weight excluding hydrogens is 320 g/mol. The molecule has 0 aliphatic carbocycles. The number of benzene rings is 3. The highest BCUT2D eigenvalue weighted by atomic mass is 16.5. The van der Waals surface area contributed by atoms with Crippen LogP contribution >= 0.6 is 0 Å². The van der Waals surface area contributed by atoms with Gasteiger partial charge in [-0.25, -0.2) is 0 Å². The molecule has 5 rings (SSSR count). The first-order valence-corrected chi connectivity index (χ1v) is 9.11. The van der Waals surface area contributed by atoms with E-state index in [-0.39, 0.29) is 11.8 Å². The van der Waals surface area contributed by atoms with E-state index in [9.17, 15) is 4.79 Å². The number of hydrogen-bond donors (Lipinski definition) is 0. The molecule has 2 bridgehead atoms. The van der Waals surface area contributed by atoms with Gasteiger partial charge in [-0.05, 0) is 22.3 Å². The summed E-state index contributed by atoms with van der Waals surface area (Å²) in [5, 5.41) is 0. The summed E-state index contributed by atoms with van der Waals surface area (Å²) in [6.07, 6.45) is 1.10. The summed E-state index contributed by atoms with van der Waals surface area (Å²) in [6.45, 7) is 2.15. The molecule has 0 N–H and O–H groups in total. The van der Waals surface area contributed by atoms with E-state index in [2.05, 4.69) is 49.4 Å². The smallest absolute Gasteiger partial charge is 0.130 e. The van der Waals surface area contributed by atoms with Crippen molar-refractivity contribution in [3.05, 3.63) is 107 Å². The highest BCUT2D eigenvalue weighted by Crippen LogP contribution is 2.67. The van der Waals surface area contributed by atoms with Crippen molar-refractivity contribution in [2.24, 2.45) is 11.8 Å². The van der Waals surface area contributed by atoms with Crippen LogP contribution in [0.1, 0.15) is 29.2 Å². The molecule has 26 heavy (non-hydrogen) atoms. The number of fused-ring (bicyclic) bond motifs is 5. The molecule has 0 radical (unpaired) electrons. The van der Waals surface area contributed by atoms with Gasteiger partial charge in [0, 0.05) is 5.92 Å². The van der Waals surface area contributed by atoms with E-state index in [4.69, 9.17) is 4.74 Å². The van der Waals surface area contributed by atoms with Crippen molar-refractivity contribution in [3.63, 3.8) is 0 Å². The number of carbonyl (C=O) groups excluding carboxylic acids is 1. The Morgan fingerprint density at radius 2 is 1.19 bits per heavy atom. The van der Waals surface area contributed by atoms with Crippen molar-refractivity contribution in [2.45, 2.75) is 18.1 Å². The van der Waals surface area contributed by atoms with E-state index in [0.29, 0.717) is 0 Å². The van der Waals surface area contributed by atoms with Gasteiger partial charge in [-0.3, -0.25) is 0 Å². The standard InChI is InChI=1S/C24H20O2/c1-17-22(16-25)24(19-12-6-3-7-13-19)21-15-9-8-14-20(21)23(17,26-24)18-10-4-2-5-11-18/h2-17,22H,1H3/t17-,22-,23-,24+/m0/s1. The van der Waals surface area contributed by atoms with Gasteiger partial charge in [0.2, 0.25) is 0 Å². The Bertz CT molecular complexity index is 966. The zero-order valence-corrected chi connectivity index (χ0v) is 14.6. The molecule has 2 aliphatic rings. The first kappa shape index (κ1) is 15.5. The van der Waals surface area contributed by atoms with Crippen LogP contribution in [0.25, 0.3) is 0 Å². The number of hydrogen-bond acceptors (Lipinski definition) is 2. The average Bonchev–Trinajstić information content (AvgIpc) is 3.17. The lowest BCUT2D eigenvalue weighted by Gasteiger charge is -2.36. The topological polar surface area (TPSA) is 26.3 Å². The Balaban J connectivity index is 1.87. The van der Waals surface area contributed by atoms with Gasteiger partial charge >= 0.3 is 0 Å². The van der Waals surface area contributed by atoms with Crippen molar-refractivity contribution in [1.82, 2.24) is 0 Å². The van der Waals surface area contributed by atoms with Crippen molar-refractivity contribution < 1.29 is 9.53 Å². The van der Waals surface area contributed by atoms with E-state index in [1.165, 1.54) is 5.56 Å². The SMILES string of the molecule is C[C@H]1[C@H](C=O)[C@]2(c3ccccc3)O[C@@]1(c1ccccc1)c1ccccc12. The Labute approximate surface area is 153 Å². The lowest BCUT2D eigenvalue weighted by Crippen LogP contribution is -2.39. The van der Waals surface area contributed by atoms with Crippen LogP contribution in [0.5, 0.6) is 0 Å². The minimum absolute atomic E-state index is 0.0394. The fraction of sp³-hybridized carbons (Fsp3) is 0.208. The Morgan fingerprint density at radius 3 is 1.73 bits per heavy atom. The third kappa shape index (κ3) is 1.68. The molecular formula is C24H20O2. The van der Waals surface area contributed by atoms with Crippen molar-refractivity contribution in [3.8, 4) is 0 Å². The summed E-state index contributed by atoms with van der Waals surface area (Å²) in [5.74, 6) is -0.197. The summed E-state index contributed by atoms with van der Waals surface area (Å²) in [7, 11) is 0. The molecule has 3 aromatic carbocycles. The van der Waals surface area contributed by atoms with Crippen LogP contribution < -0.4 is 0 Å². The highest BCUT2D eigenvalue weighted by molar-refractivity contribution is 5.68. The maximum absolute atomic E-state index is 12.3. The summed E-state index contributed by atoms with van der Waals surface area (Å²) in [6, 6.07) is 28.9. The maximum atomic E-state index is 12.3. The second-order valence-electron chi connectivity index (χ2n) is 7.30. The summed E-state index contributed by atoms with van der Waals surface area (Å²) < 4.78 is 6.97. The Hall–Kier alpha value is -2.71. The molecule has 0 unspecified atom stereocenters. The lowest BCUT2D eigenvalue weighted by atomic mass is 9.61. The fourth-order valence-corrected chi connectivity index (χ4v) is 5.15. The first-order chi connectivity index (χ1) is 12.7. The number of ether oxygens (including phenoxy) is 1. The zero-order chi connectivity index (χ0) is 17.8. The van der Waals surface area contributed by atoms with Gasteiger partial charge in [0.25, 0.3) is 0 Å². The van der Waals surface area contributed by atoms with Gasteiger partial charge < -0.3 is 9.53 Å². The van der Waals surface area contributed by atoms with Crippen LogP contribution in [0.3, 0.4) is 0 Å². The minimum Gasteiger partial charge on any atom is -0.349 e. The van der Waals surface area contributed by atoms with Crippen LogP contribution in [-0.4, -0.2) is 6.29 Å². The van der Waals surface area contributed by atoms with Crippen LogP contribution in [0.15, 0.2) is 84.9 Å². The molecule has 0 amide bonds. The number of carbonyl (C=O) groups is 1. The molecule has 0 saturated carbocycles. The highest BCUT2D eigenvalue weighted by Gasteiger charge is 2.69. The summed E-state index contributed by atoms with van der Waals surface area (Å²) in [4.78, 5) is 12.3. The monoisotopic (exact) mass is 340 g/mol. The first-order valence-electron chi connectivity index (χ1n) is 9.11. The van der Waals surface area contributed by atoms with E-state index in [1.54, 1.807) is 0 Å². The molecule has 3 aromatic rings. The van der Waals surface area contributed by atoms with Crippen molar-refractivity contribution in [1.29, 1.82) is 0 Å². The Morgan fingerprint density at radius 1 is 0.731 bits per heavy atom. The molecule has 2 heterocycles. The number of aldehydes is 1. The summed E-state index contributed by atoms with van der Waals surface area (Å²) in [5.41, 5.74) is 3.13. The molecule has 128 valence electrons. The van der Waals surface area contributed by atoms with Gasteiger partial charge in [0.05, 0.1) is 5.92 Å². The molecule has 2 heteroatoms. The molecule has 2 aliphatic heterocycles. The van der Waals surface area contributed by atoms with Gasteiger partial charge in [-0.15, -0.1) is 0 Å². The number of rotatable bonds is 3. The van der Waals surface area contributed by atoms with Crippen molar-refractivity contribution >= 4 is 6.29 Å². The summed E-state index contributed by atoms with van der Waals surface area (Å²) >= 11 is 0.